The highest BCUT2D eigenvalue weighted by molar-refractivity contribution is 6.35. The minimum absolute atomic E-state index is 0.0609. The maximum atomic E-state index is 11.5. The van der Waals surface area contributed by atoms with Crippen LogP contribution in [0.5, 0.6) is 0 Å². The Morgan fingerprint density at radius 2 is 2.16 bits per heavy atom. The van der Waals surface area contributed by atoms with E-state index in [0.29, 0.717) is 29.4 Å². The van der Waals surface area contributed by atoms with Gasteiger partial charge in [0.05, 0.1) is 0 Å². The van der Waals surface area contributed by atoms with Gasteiger partial charge in [0.15, 0.2) is 0 Å². The number of amides is 1. The third kappa shape index (κ3) is 6.81. The molecule has 1 aromatic carbocycles. The number of hydrogen-bond donors (Lipinski definition) is 2. The zero-order chi connectivity index (χ0) is 14.3. The molecular formula is C14H20Cl2N2O. The van der Waals surface area contributed by atoms with Gasteiger partial charge in [0.1, 0.15) is 0 Å². The van der Waals surface area contributed by atoms with Gasteiger partial charge >= 0.3 is 0 Å². The molecule has 0 aliphatic rings. The second-order valence-corrected chi connectivity index (χ2v) is 5.55. The van der Waals surface area contributed by atoms with E-state index in [1.165, 1.54) is 0 Å². The fourth-order valence-corrected chi connectivity index (χ4v) is 2.24. The average Bonchev–Trinajstić information content (AvgIpc) is 2.31. The third-order valence-electron chi connectivity index (χ3n) is 2.79. The molecule has 0 radical (unpaired) electrons. The largest absolute Gasteiger partial charge is 0.356 e. The molecule has 0 aliphatic carbocycles. The Bertz CT molecular complexity index is 422. The van der Waals surface area contributed by atoms with E-state index in [2.05, 4.69) is 5.32 Å². The Morgan fingerprint density at radius 1 is 1.42 bits per heavy atom. The van der Waals surface area contributed by atoms with Crippen LogP contribution in [0.15, 0.2) is 18.2 Å². The summed E-state index contributed by atoms with van der Waals surface area (Å²) in [6.45, 7) is 2.53. The predicted molar refractivity (Wildman–Crippen MR) is 80.7 cm³/mol. The molecular weight excluding hydrogens is 283 g/mol. The molecule has 106 valence electrons. The minimum Gasteiger partial charge on any atom is -0.356 e. The number of benzene rings is 1. The molecule has 1 atom stereocenters. The van der Waals surface area contributed by atoms with E-state index in [0.717, 1.165) is 18.4 Å². The molecule has 1 unspecified atom stereocenters. The van der Waals surface area contributed by atoms with E-state index in [9.17, 15) is 4.79 Å². The van der Waals surface area contributed by atoms with Crippen molar-refractivity contribution in [2.45, 2.75) is 38.6 Å². The number of rotatable bonds is 7. The number of carbonyl (C=O) groups is 1. The van der Waals surface area contributed by atoms with Crippen molar-refractivity contribution in [1.29, 1.82) is 0 Å². The average molecular weight is 303 g/mol. The van der Waals surface area contributed by atoms with Crippen molar-refractivity contribution in [3.8, 4) is 0 Å². The van der Waals surface area contributed by atoms with Crippen LogP contribution in [-0.2, 0) is 11.2 Å². The van der Waals surface area contributed by atoms with Gasteiger partial charge in [-0.3, -0.25) is 4.79 Å². The van der Waals surface area contributed by atoms with Crippen LogP contribution < -0.4 is 11.1 Å². The molecule has 1 rings (SSSR count). The Hall–Kier alpha value is -0.770. The van der Waals surface area contributed by atoms with E-state index < -0.39 is 0 Å². The van der Waals surface area contributed by atoms with Gasteiger partial charge in [-0.25, -0.2) is 0 Å². The van der Waals surface area contributed by atoms with Crippen molar-refractivity contribution in [3.05, 3.63) is 33.8 Å². The topological polar surface area (TPSA) is 55.1 Å². The van der Waals surface area contributed by atoms with Gasteiger partial charge < -0.3 is 11.1 Å². The van der Waals surface area contributed by atoms with Gasteiger partial charge in [0.2, 0.25) is 5.91 Å². The molecule has 1 amide bonds. The monoisotopic (exact) mass is 302 g/mol. The van der Waals surface area contributed by atoms with E-state index in [4.69, 9.17) is 28.9 Å². The van der Waals surface area contributed by atoms with Gasteiger partial charge in [0, 0.05) is 29.1 Å². The summed E-state index contributed by atoms with van der Waals surface area (Å²) in [7, 11) is 0. The fraction of sp³-hybridized carbons (Fsp3) is 0.500. The lowest BCUT2D eigenvalue weighted by atomic mass is 10.1. The molecule has 5 heteroatoms. The molecule has 0 aromatic heterocycles. The summed E-state index contributed by atoms with van der Waals surface area (Å²) in [5.74, 6) is 0.0609. The smallest absolute Gasteiger partial charge is 0.220 e. The zero-order valence-electron chi connectivity index (χ0n) is 11.1. The van der Waals surface area contributed by atoms with E-state index in [1.807, 2.05) is 13.0 Å². The number of carbonyl (C=O) groups excluding carboxylic acids is 1. The molecule has 0 bridgehead atoms. The Kier molecular flexibility index (Phi) is 7.21. The molecule has 0 spiro atoms. The van der Waals surface area contributed by atoms with Crippen LogP contribution in [0.1, 0.15) is 31.7 Å². The molecule has 0 heterocycles. The van der Waals surface area contributed by atoms with E-state index in [1.54, 1.807) is 12.1 Å². The van der Waals surface area contributed by atoms with Crippen molar-refractivity contribution < 1.29 is 4.79 Å². The zero-order valence-corrected chi connectivity index (χ0v) is 12.6. The molecule has 3 nitrogen and oxygen atoms in total. The van der Waals surface area contributed by atoms with Crippen LogP contribution in [0.4, 0.5) is 0 Å². The Morgan fingerprint density at radius 3 is 2.79 bits per heavy atom. The maximum Gasteiger partial charge on any atom is 0.220 e. The van der Waals surface area contributed by atoms with Gasteiger partial charge in [-0.2, -0.15) is 0 Å². The van der Waals surface area contributed by atoms with Crippen LogP contribution >= 0.6 is 23.2 Å². The van der Waals surface area contributed by atoms with Gasteiger partial charge in [0.25, 0.3) is 0 Å². The summed E-state index contributed by atoms with van der Waals surface area (Å²) in [6.07, 6.45) is 2.92. The first-order valence-corrected chi connectivity index (χ1v) is 7.21. The molecule has 0 aliphatic heterocycles. The van der Waals surface area contributed by atoms with Crippen molar-refractivity contribution >= 4 is 29.1 Å². The van der Waals surface area contributed by atoms with Crippen molar-refractivity contribution in [3.63, 3.8) is 0 Å². The SMILES string of the molecule is CC(N)CCCC(=O)NCCc1ccc(Cl)cc1Cl. The van der Waals surface area contributed by atoms with Gasteiger partial charge in [-0.15, -0.1) is 0 Å². The molecule has 0 saturated carbocycles. The second kappa shape index (κ2) is 8.41. The maximum absolute atomic E-state index is 11.5. The van der Waals surface area contributed by atoms with Crippen LogP contribution in [-0.4, -0.2) is 18.5 Å². The molecule has 0 fully saturated rings. The van der Waals surface area contributed by atoms with Crippen LogP contribution in [0.25, 0.3) is 0 Å². The first-order chi connectivity index (χ1) is 8.99. The standard InChI is InChI=1S/C14H20Cl2N2O/c1-10(17)3-2-4-14(19)18-8-7-11-5-6-12(15)9-13(11)16/h5-6,9-10H,2-4,7-8,17H2,1H3,(H,18,19). The number of hydrogen-bond acceptors (Lipinski definition) is 2. The first kappa shape index (κ1) is 16.3. The molecule has 1 aromatic rings. The molecule has 19 heavy (non-hydrogen) atoms. The normalized spacial score (nSPS) is 12.2. The summed E-state index contributed by atoms with van der Waals surface area (Å²) >= 11 is 11.9. The van der Waals surface area contributed by atoms with Crippen LogP contribution in [0.2, 0.25) is 10.0 Å². The fourth-order valence-electron chi connectivity index (χ4n) is 1.73. The summed E-state index contributed by atoms with van der Waals surface area (Å²) in [5.41, 5.74) is 6.61. The van der Waals surface area contributed by atoms with Crippen molar-refractivity contribution in [2.75, 3.05) is 6.54 Å². The van der Waals surface area contributed by atoms with Crippen molar-refractivity contribution in [2.24, 2.45) is 5.73 Å². The minimum atomic E-state index is 0.0609. The third-order valence-corrected chi connectivity index (χ3v) is 3.38. The molecule has 0 saturated heterocycles. The highest BCUT2D eigenvalue weighted by atomic mass is 35.5. The highest BCUT2D eigenvalue weighted by Gasteiger charge is 2.04. The summed E-state index contributed by atoms with van der Waals surface area (Å²) in [5, 5.41) is 4.13. The molecule has 3 N–H and O–H groups in total. The second-order valence-electron chi connectivity index (χ2n) is 4.71. The lowest BCUT2D eigenvalue weighted by Crippen LogP contribution is -2.26. The van der Waals surface area contributed by atoms with Crippen molar-refractivity contribution in [1.82, 2.24) is 5.32 Å². The number of nitrogens with two attached hydrogens (primary N) is 1. The van der Waals surface area contributed by atoms with Crippen LogP contribution in [0.3, 0.4) is 0 Å². The van der Waals surface area contributed by atoms with E-state index >= 15 is 0 Å². The number of halogens is 2. The highest BCUT2D eigenvalue weighted by Crippen LogP contribution is 2.21. The number of nitrogens with one attached hydrogen (secondary N) is 1. The van der Waals surface area contributed by atoms with Gasteiger partial charge in [-0.1, -0.05) is 29.3 Å². The first-order valence-electron chi connectivity index (χ1n) is 6.45. The summed E-state index contributed by atoms with van der Waals surface area (Å²) < 4.78 is 0. The Balaban J connectivity index is 2.24. The quantitative estimate of drug-likeness (QED) is 0.813. The van der Waals surface area contributed by atoms with Gasteiger partial charge in [-0.05, 0) is 43.9 Å². The van der Waals surface area contributed by atoms with Crippen LogP contribution in [0, 0.1) is 0 Å². The lowest BCUT2D eigenvalue weighted by molar-refractivity contribution is -0.121. The summed E-state index contributed by atoms with van der Waals surface area (Å²) in [4.78, 5) is 11.5. The lowest BCUT2D eigenvalue weighted by Gasteiger charge is -2.08. The van der Waals surface area contributed by atoms with E-state index in [-0.39, 0.29) is 11.9 Å². The predicted octanol–water partition coefficient (Wildman–Crippen LogP) is 3.17. The summed E-state index contributed by atoms with van der Waals surface area (Å²) in [6, 6.07) is 5.55. The Labute approximate surface area is 124 Å².